The highest BCUT2D eigenvalue weighted by molar-refractivity contribution is 6.25. The van der Waals surface area contributed by atoms with E-state index in [0.717, 1.165) is 52.2 Å². The predicted molar refractivity (Wildman–Crippen MR) is 244 cm³/mol. The Morgan fingerprint density at radius 1 is 0.807 bits per heavy atom. The van der Waals surface area contributed by atoms with E-state index in [-0.39, 0.29) is 12.0 Å². The fraction of sp³-hybridized carbons (Fsp3) is 0.0926. The van der Waals surface area contributed by atoms with E-state index in [0.29, 0.717) is 0 Å². The van der Waals surface area contributed by atoms with Gasteiger partial charge in [0.1, 0.15) is 0 Å². The third-order valence-corrected chi connectivity index (χ3v) is 11.5. The van der Waals surface area contributed by atoms with Crippen molar-refractivity contribution in [1.82, 2.24) is 10.3 Å². The van der Waals surface area contributed by atoms with Gasteiger partial charge in [-0.15, -0.1) is 6.58 Å². The number of hydrogen-bond donors (Lipinski definition) is 1. The van der Waals surface area contributed by atoms with Crippen LogP contribution in [-0.4, -0.2) is 4.98 Å². The summed E-state index contributed by atoms with van der Waals surface area (Å²) in [6.45, 7) is 14.7. The molecule has 3 heteroatoms. The highest BCUT2D eigenvalue weighted by atomic mass is 15.2. The number of hydrogen-bond acceptors (Lipinski definition) is 3. The number of allylic oxidation sites excluding steroid dienone is 14. The van der Waals surface area contributed by atoms with Gasteiger partial charge in [0.25, 0.3) is 0 Å². The van der Waals surface area contributed by atoms with Gasteiger partial charge in [-0.2, -0.15) is 0 Å². The van der Waals surface area contributed by atoms with Gasteiger partial charge in [-0.1, -0.05) is 153 Å². The second-order valence-electron chi connectivity index (χ2n) is 14.8. The molecule has 0 amide bonds. The summed E-state index contributed by atoms with van der Waals surface area (Å²) in [6, 6.07) is 35.4. The van der Waals surface area contributed by atoms with E-state index in [2.05, 4.69) is 194 Å². The Kier molecular flexibility index (Phi) is 9.58. The monoisotopic (exact) mass is 735 g/mol. The molecule has 9 rings (SSSR count). The van der Waals surface area contributed by atoms with Gasteiger partial charge in [-0.05, 0) is 109 Å². The number of aromatic nitrogens is 1. The molecule has 1 aliphatic carbocycles. The van der Waals surface area contributed by atoms with Crippen molar-refractivity contribution in [1.29, 1.82) is 0 Å². The van der Waals surface area contributed by atoms with Crippen molar-refractivity contribution in [2.24, 2.45) is 5.92 Å². The third-order valence-electron chi connectivity index (χ3n) is 11.5. The molecule has 0 spiro atoms. The molecule has 57 heavy (non-hydrogen) atoms. The Hall–Kier alpha value is -6.97. The zero-order valence-corrected chi connectivity index (χ0v) is 32.3. The van der Waals surface area contributed by atoms with Crippen LogP contribution >= 0.6 is 0 Å². The summed E-state index contributed by atoms with van der Waals surface area (Å²) in [5.41, 5.74) is 12.5. The Labute approximate surface area is 335 Å². The number of anilines is 2. The number of dihydropyridines is 1. The van der Waals surface area contributed by atoms with Crippen LogP contribution in [0.15, 0.2) is 219 Å². The van der Waals surface area contributed by atoms with E-state index in [1.165, 1.54) is 54.6 Å². The first kappa shape index (κ1) is 35.7. The van der Waals surface area contributed by atoms with E-state index in [9.17, 15) is 0 Å². The van der Waals surface area contributed by atoms with Crippen LogP contribution in [-0.2, 0) is 0 Å². The highest BCUT2D eigenvalue weighted by Crippen LogP contribution is 2.49. The van der Waals surface area contributed by atoms with Crippen molar-refractivity contribution >= 4 is 54.8 Å². The maximum Gasteiger partial charge on any atom is 0.0723 e. The number of nitrogens with one attached hydrogen (secondary N) is 1. The standard InChI is InChI=1S/C54H45N3/c1-5-36(4)31-37(6-2)23-26-49-48-29-30-55-35-53(48)57(52-22-13-8-15-38(7-3)54(49)52)42-17-14-16-40(32-42)51-28-25-41(34-56-51)39-24-27-47-45-20-10-9-18-43(45)44-19-11-12-21-46(44)50(47)33-39/h6-22,24-35,38,51,56H,2-5,23H2,1H3/b37-31+,49-26-. The summed E-state index contributed by atoms with van der Waals surface area (Å²) in [6.07, 6.45) is 29.4. The van der Waals surface area contributed by atoms with E-state index in [1.807, 2.05) is 24.5 Å². The lowest BCUT2D eigenvalue weighted by atomic mass is 9.82. The Morgan fingerprint density at radius 2 is 1.56 bits per heavy atom. The number of nitrogens with zero attached hydrogens (tertiary/aromatic N) is 2. The summed E-state index contributed by atoms with van der Waals surface area (Å²) in [5.74, 6) is 0.0216. The molecule has 1 N–H and O–H groups in total. The Morgan fingerprint density at radius 3 is 2.26 bits per heavy atom. The van der Waals surface area contributed by atoms with Gasteiger partial charge in [-0.25, -0.2) is 0 Å². The van der Waals surface area contributed by atoms with Gasteiger partial charge < -0.3 is 10.2 Å². The van der Waals surface area contributed by atoms with Crippen LogP contribution in [0, 0.1) is 5.92 Å². The van der Waals surface area contributed by atoms with Crippen LogP contribution < -0.4 is 10.2 Å². The number of pyridine rings is 1. The molecule has 5 aromatic carbocycles. The Bertz CT molecular complexity index is 2820. The highest BCUT2D eigenvalue weighted by Gasteiger charge is 2.32. The van der Waals surface area contributed by atoms with Gasteiger partial charge in [0.15, 0.2) is 0 Å². The zero-order valence-electron chi connectivity index (χ0n) is 32.3. The first-order chi connectivity index (χ1) is 28.1. The molecule has 0 bridgehead atoms. The average Bonchev–Trinajstić information content (AvgIpc) is 3.49. The van der Waals surface area contributed by atoms with Crippen LogP contribution in [0.4, 0.5) is 11.4 Å². The van der Waals surface area contributed by atoms with Crippen LogP contribution in [0.2, 0.25) is 0 Å². The minimum absolute atomic E-state index is 0.00949. The molecular formula is C54H45N3. The largest absolute Gasteiger partial charge is 0.380 e. The smallest absolute Gasteiger partial charge is 0.0723 e. The third kappa shape index (κ3) is 6.51. The molecule has 0 saturated heterocycles. The van der Waals surface area contributed by atoms with Gasteiger partial charge in [0, 0.05) is 29.6 Å². The van der Waals surface area contributed by atoms with E-state index in [1.54, 1.807) is 0 Å². The molecule has 2 aliphatic heterocycles. The lowest BCUT2D eigenvalue weighted by molar-refractivity contribution is 0.749. The van der Waals surface area contributed by atoms with Crippen molar-refractivity contribution in [2.75, 3.05) is 4.90 Å². The summed E-state index contributed by atoms with van der Waals surface area (Å²) in [7, 11) is 0. The van der Waals surface area contributed by atoms with E-state index in [4.69, 9.17) is 0 Å². The normalized spacial score (nSPS) is 18.3. The average molecular weight is 736 g/mol. The molecule has 3 nitrogen and oxygen atoms in total. The minimum atomic E-state index is 0.00949. The van der Waals surface area contributed by atoms with Gasteiger partial charge in [0.2, 0.25) is 0 Å². The number of rotatable bonds is 9. The second-order valence-corrected chi connectivity index (χ2v) is 14.8. The van der Waals surface area contributed by atoms with Crippen LogP contribution in [0.1, 0.15) is 42.5 Å². The van der Waals surface area contributed by atoms with Gasteiger partial charge in [0.05, 0.1) is 23.6 Å². The summed E-state index contributed by atoms with van der Waals surface area (Å²) in [4.78, 5) is 7.01. The van der Waals surface area contributed by atoms with Gasteiger partial charge in [-0.3, -0.25) is 4.98 Å². The molecule has 2 unspecified atom stereocenters. The topological polar surface area (TPSA) is 28.2 Å². The van der Waals surface area contributed by atoms with Crippen molar-refractivity contribution in [3.05, 3.63) is 235 Å². The molecular weight excluding hydrogens is 691 g/mol. The van der Waals surface area contributed by atoms with Crippen LogP contribution in [0.5, 0.6) is 0 Å². The fourth-order valence-electron chi connectivity index (χ4n) is 8.56. The molecule has 0 radical (unpaired) electrons. The van der Waals surface area contributed by atoms with E-state index < -0.39 is 0 Å². The summed E-state index contributed by atoms with van der Waals surface area (Å²) < 4.78 is 0. The summed E-state index contributed by atoms with van der Waals surface area (Å²) in [5, 5.41) is 11.4. The van der Waals surface area contributed by atoms with Crippen molar-refractivity contribution in [3.63, 3.8) is 0 Å². The number of benzene rings is 5. The molecule has 0 saturated carbocycles. The van der Waals surface area contributed by atoms with Gasteiger partial charge >= 0.3 is 0 Å². The zero-order chi connectivity index (χ0) is 38.9. The van der Waals surface area contributed by atoms with Crippen molar-refractivity contribution < 1.29 is 0 Å². The molecule has 3 heterocycles. The molecule has 2 atom stereocenters. The molecule has 3 aliphatic rings. The molecule has 276 valence electrons. The van der Waals surface area contributed by atoms with E-state index >= 15 is 0 Å². The van der Waals surface area contributed by atoms with Crippen molar-refractivity contribution in [3.8, 4) is 0 Å². The molecule has 1 aromatic heterocycles. The lowest BCUT2D eigenvalue weighted by Crippen LogP contribution is -2.25. The van der Waals surface area contributed by atoms with Crippen LogP contribution in [0.3, 0.4) is 0 Å². The maximum atomic E-state index is 4.65. The fourth-order valence-corrected chi connectivity index (χ4v) is 8.56. The maximum absolute atomic E-state index is 4.65. The predicted octanol–water partition coefficient (Wildman–Crippen LogP) is 14.0. The molecule has 6 aromatic rings. The van der Waals surface area contributed by atoms with Crippen molar-refractivity contribution in [2.45, 2.75) is 25.8 Å². The first-order valence-corrected chi connectivity index (χ1v) is 19.8. The SMILES string of the molecule is C=C/C(=C\C(=C)CC)C/C=C1\C2=C(C=CC=CC2C=C)N(c2cccc(C3C=CC(c4ccc5c6ccccc6c6ccccc6c5c4)=CN3)c2)c2cnccc21. The first-order valence-electron chi connectivity index (χ1n) is 19.8. The minimum Gasteiger partial charge on any atom is -0.380 e. The second kappa shape index (κ2) is 15.3. The lowest BCUT2D eigenvalue weighted by Gasteiger charge is -2.37. The summed E-state index contributed by atoms with van der Waals surface area (Å²) >= 11 is 0. The van der Waals surface area contributed by atoms with Crippen LogP contribution in [0.25, 0.3) is 43.5 Å². The molecule has 0 fully saturated rings. The Balaban J connectivity index is 1.07. The quantitative estimate of drug-likeness (QED) is 0.0910. The number of fused-ring (bicyclic) bond motifs is 7.